The molecule has 2 heterocycles. The van der Waals surface area contributed by atoms with Crippen molar-refractivity contribution >= 4 is 6.29 Å². The van der Waals surface area contributed by atoms with Crippen LogP contribution < -0.4 is 0 Å². The number of ether oxygens (including phenoxy) is 1. The smallest absolute Gasteiger partial charge is 0.133 e. The van der Waals surface area contributed by atoms with Crippen molar-refractivity contribution in [1.29, 1.82) is 0 Å². The van der Waals surface area contributed by atoms with Gasteiger partial charge < -0.3 is 14.4 Å². The third kappa shape index (κ3) is 4.90. The second-order valence-electron chi connectivity index (χ2n) is 8.02. The highest BCUT2D eigenvalue weighted by atomic mass is 16.5. The lowest BCUT2D eigenvalue weighted by Crippen LogP contribution is -2.60. The summed E-state index contributed by atoms with van der Waals surface area (Å²) in [6.07, 6.45) is 4.52. The van der Waals surface area contributed by atoms with E-state index in [1.54, 1.807) is 0 Å². The summed E-state index contributed by atoms with van der Waals surface area (Å²) < 4.78 is 6.58. The van der Waals surface area contributed by atoms with Gasteiger partial charge in [-0.1, -0.05) is 44.2 Å². The van der Waals surface area contributed by atoms with Gasteiger partial charge in [-0.3, -0.25) is 4.90 Å². The molecule has 0 aromatic heterocycles. The van der Waals surface area contributed by atoms with E-state index in [4.69, 9.17) is 4.74 Å². The van der Waals surface area contributed by atoms with Crippen LogP contribution >= 0.6 is 0 Å². The highest BCUT2D eigenvalue weighted by Gasteiger charge is 2.43. The van der Waals surface area contributed by atoms with E-state index < -0.39 is 0 Å². The fraction of sp³-hybridized carbons (Fsp3) is 0.667. The molecule has 25 heavy (non-hydrogen) atoms. The van der Waals surface area contributed by atoms with E-state index in [1.807, 2.05) is 0 Å². The average molecular weight is 344 g/mol. The van der Waals surface area contributed by atoms with Gasteiger partial charge in [0.05, 0.1) is 18.2 Å². The Morgan fingerprint density at radius 1 is 1.20 bits per heavy atom. The van der Waals surface area contributed by atoms with Crippen LogP contribution in [-0.2, 0) is 16.0 Å². The van der Waals surface area contributed by atoms with Gasteiger partial charge in [-0.15, -0.1) is 0 Å². The number of carbonyl (C=O) groups excluding carboxylic acids is 1. The van der Waals surface area contributed by atoms with Crippen LogP contribution in [-0.4, -0.2) is 67.1 Å². The first kappa shape index (κ1) is 18.6. The van der Waals surface area contributed by atoms with Crippen molar-refractivity contribution in [2.24, 2.45) is 5.92 Å². The summed E-state index contributed by atoms with van der Waals surface area (Å²) in [5.74, 6) is 0.488. The molecule has 1 atom stereocenters. The lowest BCUT2D eigenvalue weighted by molar-refractivity contribution is -0.186. The van der Waals surface area contributed by atoms with Gasteiger partial charge in [0.15, 0.2) is 0 Å². The third-order valence-electron chi connectivity index (χ3n) is 5.75. The van der Waals surface area contributed by atoms with Crippen molar-refractivity contribution in [3.05, 3.63) is 35.9 Å². The van der Waals surface area contributed by atoms with Gasteiger partial charge >= 0.3 is 0 Å². The lowest BCUT2D eigenvalue weighted by Gasteiger charge is -2.50. The van der Waals surface area contributed by atoms with Crippen molar-refractivity contribution in [2.75, 3.05) is 39.3 Å². The number of carbonyl (C=O) groups is 1. The van der Waals surface area contributed by atoms with Crippen LogP contribution in [0.15, 0.2) is 30.3 Å². The molecule has 2 aliphatic heterocycles. The van der Waals surface area contributed by atoms with Crippen LogP contribution in [0.25, 0.3) is 0 Å². The summed E-state index contributed by atoms with van der Waals surface area (Å²) in [6, 6.07) is 10.7. The second kappa shape index (κ2) is 8.43. The SMILES string of the molecule is CC(C)C1CN(CC=O)CC2(CCN(CCc3ccccc3)CC2)O1. The predicted octanol–water partition coefficient (Wildman–Crippen LogP) is 2.62. The molecule has 1 spiro atoms. The Balaban J connectivity index is 1.54. The molecule has 4 heteroatoms. The molecule has 4 nitrogen and oxygen atoms in total. The second-order valence-corrected chi connectivity index (χ2v) is 8.02. The molecule has 0 radical (unpaired) electrons. The molecule has 0 amide bonds. The molecule has 0 saturated carbocycles. The number of likely N-dealkylation sites (tertiary alicyclic amines) is 1. The molecule has 138 valence electrons. The first-order chi connectivity index (χ1) is 12.1. The van der Waals surface area contributed by atoms with Gasteiger partial charge in [-0.25, -0.2) is 0 Å². The van der Waals surface area contributed by atoms with Gasteiger partial charge in [-0.05, 0) is 30.7 Å². The van der Waals surface area contributed by atoms with E-state index in [1.165, 1.54) is 5.56 Å². The van der Waals surface area contributed by atoms with E-state index in [-0.39, 0.29) is 11.7 Å². The van der Waals surface area contributed by atoms with Crippen molar-refractivity contribution in [3.63, 3.8) is 0 Å². The number of morpholine rings is 1. The van der Waals surface area contributed by atoms with E-state index in [0.717, 1.165) is 58.3 Å². The minimum atomic E-state index is -0.0561. The van der Waals surface area contributed by atoms with Gasteiger partial charge in [0.2, 0.25) is 0 Å². The van der Waals surface area contributed by atoms with E-state index in [2.05, 4.69) is 54.0 Å². The summed E-state index contributed by atoms with van der Waals surface area (Å²) in [7, 11) is 0. The quantitative estimate of drug-likeness (QED) is 0.743. The normalized spacial score (nSPS) is 24.7. The molecule has 1 unspecified atom stereocenters. The first-order valence-corrected chi connectivity index (χ1v) is 9.70. The highest BCUT2D eigenvalue weighted by Crippen LogP contribution is 2.34. The van der Waals surface area contributed by atoms with Crippen molar-refractivity contribution in [3.8, 4) is 0 Å². The van der Waals surface area contributed by atoms with Crippen molar-refractivity contribution < 1.29 is 9.53 Å². The largest absolute Gasteiger partial charge is 0.369 e. The molecule has 1 aromatic rings. The fourth-order valence-corrected chi connectivity index (χ4v) is 4.11. The van der Waals surface area contributed by atoms with Gasteiger partial charge in [0, 0.05) is 32.7 Å². The van der Waals surface area contributed by atoms with Crippen LogP contribution in [0.4, 0.5) is 0 Å². The number of hydrogen-bond acceptors (Lipinski definition) is 4. The van der Waals surface area contributed by atoms with Crippen molar-refractivity contribution in [1.82, 2.24) is 9.80 Å². The number of hydrogen-bond donors (Lipinski definition) is 0. The highest BCUT2D eigenvalue weighted by molar-refractivity contribution is 5.52. The molecule has 1 aromatic carbocycles. The monoisotopic (exact) mass is 344 g/mol. The maximum absolute atomic E-state index is 11.0. The van der Waals surface area contributed by atoms with Crippen LogP contribution in [0.3, 0.4) is 0 Å². The zero-order valence-corrected chi connectivity index (χ0v) is 15.7. The van der Waals surface area contributed by atoms with Crippen molar-refractivity contribution in [2.45, 2.75) is 44.8 Å². The minimum Gasteiger partial charge on any atom is -0.369 e. The zero-order valence-electron chi connectivity index (χ0n) is 15.7. The number of nitrogens with zero attached hydrogens (tertiary/aromatic N) is 2. The zero-order chi connectivity index (χ0) is 17.7. The Labute approximate surface area is 152 Å². The Bertz CT molecular complexity index is 538. The van der Waals surface area contributed by atoms with Gasteiger partial charge in [0.25, 0.3) is 0 Å². The van der Waals surface area contributed by atoms with Crippen LogP contribution in [0, 0.1) is 5.92 Å². The number of rotatable bonds is 6. The van der Waals surface area contributed by atoms with E-state index in [9.17, 15) is 4.79 Å². The fourth-order valence-electron chi connectivity index (χ4n) is 4.11. The molecular formula is C21H32N2O2. The molecule has 2 fully saturated rings. The molecule has 2 aliphatic rings. The molecular weight excluding hydrogens is 312 g/mol. The first-order valence-electron chi connectivity index (χ1n) is 9.70. The van der Waals surface area contributed by atoms with E-state index >= 15 is 0 Å². The standard InChI is InChI=1S/C21H32N2O2/c1-18(2)20-16-23(14-15-24)17-21(25-20)9-12-22(13-10-21)11-8-19-6-4-3-5-7-19/h3-7,15,18,20H,8-14,16-17H2,1-2H3. The number of aldehydes is 1. The van der Waals surface area contributed by atoms with E-state index in [0.29, 0.717) is 12.5 Å². The molecule has 0 N–H and O–H groups in total. The maximum Gasteiger partial charge on any atom is 0.133 e. The summed E-state index contributed by atoms with van der Waals surface area (Å²) in [5, 5.41) is 0. The molecule has 2 saturated heterocycles. The molecule has 0 bridgehead atoms. The molecule has 0 aliphatic carbocycles. The summed E-state index contributed by atoms with van der Waals surface area (Å²) in [5.41, 5.74) is 1.35. The summed E-state index contributed by atoms with van der Waals surface area (Å²) in [4.78, 5) is 15.9. The number of benzene rings is 1. The Hall–Kier alpha value is -1.23. The molecule has 3 rings (SSSR count). The van der Waals surface area contributed by atoms with Crippen LogP contribution in [0.5, 0.6) is 0 Å². The Morgan fingerprint density at radius 3 is 2.56 bits per heavy atom. The van der Waals surface area contributed by atoms with Crippen LogP contribution in [0.2, 0.25) is 0 Å². The average Bonchev–Trinajstić information content (AvgIpc) is 2.62. The predicted molar refractivity (Wildman–Crippen MR) is 101 cm³/mol. The Kier molecular flexibility index (Phi) is 6.26. The van der Waals surface area contributed by atoms with Gasteiger partial charge in [0.1, 0.15) is 6.29 Å². The summed E-state index contributed by atoms with van der Waals surface area (Å²) in [6.45, 7) is 10.1. The lowest BCUT2D eigenvalue weighted by atomic mass is 9.87. The topological polar surface area (TPSA) is 32.8 Å². The Morgan fingerprint density at radius 2 is 1.92 bits per heavy atom. The minimum absolute atomic E-state index is 0.0561. The maximum atomic E-state index is 11.0. The van der Waals surface area contributed by atoms with Gasteiger partial charge in [-0.2, -0.15) is 0 Å². The summed E-state index contributed by atoms with van der Waals surface area (Å²) >= 11 is 0. The van der Waals surface area contributed by atoms with Crippen LogP contribution in [0.1, 0.15) is 32.3 Å². The number of piperidine rings is 1. The third-order valence-corrected chi connectivity index (χ3v) is 5.75.